The maximum atomic E-state index is 13.1. The van der Waals surface area contributed by atoms with E-state index < -0.39 is 5.82 Å². The highest BCUT2D eigenvalue weighted by Crippen LogP contribution is 2.35. The van der Waals surface area contributed by atoms with Crippen molar-refractivity contribution < 1.29 is 13.9 Å². The smallest absolute Gasteiger partial charge is 0.273 e. The molecular weight excluding hydrogens is 375 g/mol. The summed E-state index contributed by atoms with van der Waals surface area (Å²) in [4.78, 5) is 16.2. The molecule has 0 saturated heterocycles. The fourth-order valence-electron chi connectivity index (χ4n) is 3.05. The van der Waals surface area contributed by atoms with Gasteiger partial charge in [0.25, 0.3) is 5.91 Å². The van der Waals surface area contributed by atoms with Crippen LogP contribution in [0.3, 0.4) is 0 Å². The summed E-state index contributed by atoms with van der Waals surface area (Å²) in [6.45, 7) is 0.644. The van der Waals surface area contributed by atoms with Crippen molar-refractivity contribution >= 4 is 28.9 Å². The molecule has 1 aliphatic rings. The molecule has 29 heavy (non-hydrogen) atoms. The van der Waals surface area contributed by atoms with Crippen LogP contribution in [0.25, 0.3) is 0 Å². The number of ether oxygens (including phenoxy) is 1. The first-order chi connectivity index (χ1) is 14.1. The number of carbonyl (C=O) groups excluding carboxylic acids is 1. The lowest BCUT2D eigenvalue weighted by molar-refractivity contribution is 0.0958. The molecule has 3 N–H and O–H groups in total. The van der Waals surface area contributed by atoms with E-state index in [1.165, 1.54) is 19.2 Å². The average molecular weight is 394 g/mol. The Bertz CT molecular complexity index is 1040. The summed E-state index contributed by atoms with van der Waals surface area (Å²) >= 11 is 0. The van der Waals surface area contributed by atoms with Crippen molar-refractivity contribution in [3.05, 3.63) is 59.7 Å². The van der Waals surface area contributed by atoms with Crippen molar-refractivity contribution in [3.63, 3.8) is 0 Å². The number of anilines is 4. The Morgan fingerprint density at radius 1 is 1.10 bits per heavy atom. The Hall–Kier alpha value is -3.75. The van der Waals surface area contributed by atoms with Crippen LogP contribution in [-0.2, 0) is 6.42 Å². The second-order valence-electron chi connectivity index (χ2n) is 6.43. The normalized spacial score (nSPS) is 12.5. The maximum absolute atomic E-state index is 13.1. The SMILES string of the molecule is CNC(=O)c1nnc(Nc2ccc(F)cn2)cc1Nc1cccc2c1OCCC2. The first-order valence-corrected chi connectivity index (χ1v) is 9.14. The number of hydrogen-bond donors (Lipinski definition) is 3. The molecule has 0 radical (unpaired) electrons. The molecule has 1 aliphatic heterocycles. The fraction of sp³-hybridized carbons (Fsp3) is 0.200. The van der Waals surface area contributed by atoms with Gasteiger partial charge in [0, 0.05) is 13.1 Å². The van der Waals surface area contributed by atoms with Crippen LogP contribution in [0.1, 0.15) is 22.5 Å². The largest absolute Gasteiger partial charge is 0.491 e. The van der Waals surface area contributed by atoms with Crippen molar-refractivity contribution in [3.8, 4) is 5.75 Å². The standard InChI is InChI=1S/C20H19FN6O2/c1-22-20(28)18-15(24-14-6-2-4-12-5-3-9-29-19(12)14)10-17(26-27-18)25-16-8-7-13(21)11-23-16/h2,4,6-8,10-11H,3,5,9H2,1H3,(H,22,28)(H2,23,24,25,26). The molecule has 3 heterocycles. The highest BCUT2D eigenvalue weighted by Gasteiger charge is 2.19. The number of para-hydroxylation sites is 1. The molecule has 0 fully saturated rings. The summed E-state index contributed by atoms with van der Waals surface area (Å²) in [5.41, 5.74) is 2.44. The average Bonchev–Trinajstić information content (AvgIpc) is 2.75. The molecule has 148 valence electrons. The van der Waals surface area contributed by atoms with Gasteiger partial charge < -0.3 is 20.7 Å². The monoisotopic (exact) mass is 394 g/mol. The minimum Gasteiger partial charge on any atom is -0.491 e. The Balaban J connectivity index is 1.68. The molecule has 1 aromatic carbocycles. The minimum atomic E-state index is -0.437. The van der Waals surface area contributed by atoms with Crippen LogP contribution in [0, 0.1) is 5.82 Å². The predicted octanol–water partition coefficient (Wildman–Crippen LogP) is 3.18. The molecule has 3 aromatic rings. The lowest BCUT2D eigenvalue weighted by Gasteiger charge is -2.21. The third kappa shape index (κ3) is 4.08. The molecule has 0 atom stereocenters. The summed E-state index contributed by atoms with van der Waals surface area (Å²) in [7, 11) is 1.52. The minimum absolute atomic E-state index is 0.138. The van der Waals surface area contributed by atoms with Gasteiger partial charge in [-0.05, 0) is 36.6 Å². The summed E-state index contributed by atoms with van der Waals surface area (Å²) in [5.74, 6) is 0.711. The first kappa shape index (κ1) is 18.6. The molecular formula is C20H19FN6O2. The van der Waals surface area contributed by atoms with Crippen molar-refractivity contribution in [1.82, 2.24) is 20.5 Å². The molecule has 0 bridgehead atoms. The van der Waals surface area contributed by atoms with E-state index in [0.29, 0.717) is 23.9 Å². The van der Waals surface area contributed by atoms with Gasteiger partial charge in [0.1, 0.15) is 17.4 Å². The zero-order valence-electron chi connectivity index (χ0n) is 15.7. The Labute approximate surface area is 166 Å². The Morgan fingerprint density at radius 3 is 2.79 bits per heavy atom. The van der Waals surface area contributed by atoms with E-state index in [2.05, 4.69) is 31.1 Å². The van der Waals surface area contributed by atoms with Crippen LogP contribution in [-0.4, -0.2) is 34.7 Å². The van der Waals surface area contributed by atoms with Gasteiger partial charge in [0.15, 0.2) is 11.5 Å². The summed E-state index contributed by atoms with van der Waals surface area (Å²) in [6.07, 6.45) is 3.00. The summed E-state index contributed by atoms with van der Waals surface area (Å²) < 4.78 is 18.9. The Morgan fingerprint density at radius 2 is 2.00 bits per heavy atom. The number of rotatable bonds is 5. The first-order valence-electron chi connectivity index (χ1n) is 9.14. The number of benzene rings is 1. The number of nitrogens with one attached hydrogen (secondary N) is 3. The van der Waals surface area contributed by atoms with Gasteiger partial charge in [-0.15, -0.1) is 10.2 Å². The maximum Gasteiger partial charge on any atom is 0.273 e. The van der Waals surface area contributed by atoms with Crippen molar-refractivity contribution in [2.75, 3.05) is 24.3 Å². The molecule has 9 heteroatoms. The van der Waals surface area contributed by atoms with Gasteiger partial charge in [-0.1, -0.05) is 12.1 Å². The van der Waals surface area contributed by atoms with Crippen LogP contribution in [0.2, 0.25) is 0 Å². The topological polar surface area (TPSA) is 101 Å². The zero-order valence-corrected chi connectivity index (χ0v) is 15.7. The van der Waals surface area contributed by atoms with Gasteiger partial charge >= 0.3 is 0 Å². The third-order valence-electron chi connectivity index (χ3n) is 4.42. The van der Waals surface area contributed by atoms with E-state index in [1.54, 1.807) is 6.07 Å². The van der Waals surface area contributed by atoms with E-state index in [0.717, 1.165) is 36.0 Å². The summed E-state index contributed by atoms with van der Waals surface area (Å²) in [5, 5.41) is 16.8. The number of pyridine rings is 1. The van der Waals surface area contributed by atoms with Gasteiger partial charge in [-0.2, -0.15) is 0 Å². The molecule has 0 unspecified atom stereocenters. The zero-order chi connectivity index (χ0) is 20.2. The summed E-state index contributed by atoms with van der Waals surface area (Å²) in [6, 6.07) is 10.3. The number of hydrogen-bond acceptors (Lipinski definition) is 7. The quantitative estimate of drug-likeness (QED) is 0.611. The van der Waals surface area contributed by atoms with Gasteiger partial charge in [0.05, 0.1) is 24.2 Å². The number of halogens is 1. The van der Waals surface area contributed by atoms with Crippen LogP contribution in [0.4, 0.5) is 27.4 Å². The molecule has 0 saturated carbocycles. The highest BCUT2D eigenvalue weighted by atomic mass is 19.1. The van der Waals surface area contributed by atoms with E-state index in [4.69, 9.17) is 4.74 Å². The number of aryl methyl sites for hydroxylation is 1. The van der Waals surface area contributed by atoms with Crippen LogP contribution >= 0.6 is 0 Å². The highest BCUT2D eigenvalue weighted by molar-refractivity contribution is 5.98. The molecule has 4 rings (SSSR count). The number of fused-ring (bicyclic) bond motifs is 1. The van der Waals surface area contributed by atoms with E-state index in [-0.39, 0.29) is 11.6 Å². The van der Waals surface area contributed by atoms with Crippen LogP contribution in [0.5, 0.6) is 5.75 Å². The number of nitrogens with zero attached hydrogens (tertiary/aromatic N) is 3. The van der Waals surface area contributed by atoms with Crippen molar-refractivity contribution in [2.45, 2.75) is 12.8 Å². The molecule has 0 spiro atoms. The van der Waals surface area contributed by atoms with Gasteiger partial charge in [-0.25, -0.2) is 9.37 Å². The van der Waals surface area contributed by atoms with Gasteiger partial charge in [-0.3, -0.25) is 4.79 Å². The van der Waals surface area contributed by atoms with Crippen molar-refractivity contribution in [1.29, 1.82) is 0 Å². The lowest BCUT2D eigenvalue weighted by Crippen LogP contribution is -2.21. The second-order valence-corrected chi connectivity index (χ2v) is 6.43. The molecule has 8 nitrogen and oxygen atoms in total. The second kappa shape index (κ2) is 8.09. The van der Waals surface area contributed by atoms with Crippen LogP contribution < -0.4 is 20.7 Å². The third-order valence-corrected chi connectivity index (χ3v) is 4.42. The van der Waals surface area contributed by atoms with E-state index in [9.17, 15) is 9.18 Å². The van der Waals surface area contributed by atoms with Gasteiger partial charge in [0.2, 0.25) is 0 Å². The van der Waals surface area contributed by atoms with Crippen molar-refractivity contribution in [2.24, 2.45) is 0 Å². The molecule has 2 aromatic heterocycles. The predicted molar refractivity (Wildman–Crippen MR) is 106 cm³/mol. The number of carbonyl (C=O) groups is 1. The Kier molecular flexibility index (Phi) is 5.19. The van der Waals surface area contributed by atoms with E-state index >= 15 is 0 Å². The fourth-order valence-corrected chi connectivity index (χ4v) is 3.05. The number of amides is 1. The molecule has 0 aliphatic carbocycles. The van der Waals surface area contributed by atoms with E-state index in [1.807, 2.05) is 18.2 Å². The number of aromatic nitrogens is 3. The molecule has 1 amide bonds. The lowest BCUT2D eigenvalue weighted by atomic mass is 10.1. The van der Waals surface area contributed by atoms with Crippen LogP contribution in [0.15, 0.2) is 42.6 Å².